The Hall–Kier alpha value is -6.07. The van der Waals surface area contributed by atoms with Gasteiger partial charge in [-0.1, -0.05) is 78.9 Å². The van der Waals surface area contributed by atoms with Crippen LogP contribution in [-0.2, 0) is 0 Å². The molecule has 5 nitrogen and oxygen atoms in total. The summed E-state index contributed by atoms with van der Waals surface area (Å²) in [6.45, 7) is 0. The molecule has 8 aromatic rings. The molecule has 0 bridgehead atoms. The summed E-state index contributed by atoms with van der Waals surface area (Å²) in [6, 6.07) is 43.7. The molecule has 44 heavy (non-hydrogen) atoms. The Morgan fingerprint density at radius 2 is 1.05 bits per heavy atom. The maximum atomic E-state index is 5.12. The van der Waals surface area contributed by atoms with Crippen LogP contribution in [0.2, 0.25) is 0 Å². The smallest absolute Gasteiger partial charge is 0.160 e. The predicted octanol–water partition coefficient (Wildman–Crippen LogP) is 9.30. The molecule has 0 aliphatic heterocycles. The van der Waals surface area contributed by atoms with Crippen LogP contribution in [0.5, 0.6) is 0 Å². The summed E-state index contributed by atoms with van der Waals surface area (Å²) < 4.78 is 0. The largest absolute Gasteiger partial charge is 0.264 e. The van der Waals surface area contributed by atoms with E-state index >= 15 is 0 Å². The molecule has 5 heteroatoms. The molecule has 4 aromatic carbocycles. The number of pyridine rings is 3. The van der Waals surface area contributed by atoms with Gasteiger partial charge in [-0.15, -0.1) is 0 Å². The number of fused-ring (bicyclic) bond motifs is 3. The third kappa shape index (κ3) is 4.76. The Morgan fingerprint density at radius 3 is 1.77 bits per heavy atom. The van der Waals surface area contributed by atoms with Crippen LogP contribution in [0.4, 0.5) is 0 Å². The van der Waals surface area contributed by atoms with E-state index in [1.807, 2.05) is 60.9 Å². The van der Waals surface area contributed by atoms with Gasteiger partial charge in [-0.2, -0.15) is 0 Å². The molecule has 0 atom stereocenters. The molecule has 8 rings (SSSR count). The molecule has 4 heterocycles. The van der Waals surface area contributed by atoms with E-state index in [9.17, 15) is 0 Å². The van der Waals surface area contributed by atoms with E-state index in [0.717, 1.165) is 61.4 Å². The first-order valence-electron chi connectivity index (χ1n) is 14.5. The minimum atomic E-state index is 0.638. The summed E-state index contributed by atoms with van der Waals surface area (Å²) in [4.78, 5) is 23.8. The first-order chi connectivity index (χ1) is 21.8. The summed E-state index contributed by atoms with van der Waals surface area (Å²) >= 11 is 0. The van der Waals surface area contributed by atoms with Crippen molar-refractivity contribution in [3.05, 3.63) is 152 Å². The lowest BCUT2D eigenvalue weighted by molar-refractivity contribution is 1.17. The summed E-state index contributed by atoms with van der Waals surface area (Å²) in [5.74, 6) is 0.638. The van der Waals surface area contributed by atoms with Gasteiger partial charge < -0.3 is 0 Å². The first kappa shape index (κ1) is 25.6. The van der Waals surface area contributed by atoms with Crippen LogP contribution in [-0.4, -0.2) is 24.9 Å². The normalized spacial score (nSPS) is 11.2. The zero-order chi connectivity index (χ0) is 29.3. The molecule has 4 aromatic heterocycles. The molecule has 0 N–H and O–H groups in total. The van der Waals surface area contributed by atoms with Gasteiger partial charge in [0.15, 0.2) is 5.82 Å². The van der Waals surface area contributed by atoms with Gasteiger partial charge in [-0.25, -0.2) is 15.0 Å². The first-order valence-corrected chi connectivity index (χ1v) is 14.5. The molecule has 0 saturated heterocycles. The van der Waals surface area contributed by atoms with E-state index in [4.69, 9.17) is 15.0 Å². The van der Waals surface area contributed by atoms with Gasteiger partial charge in [0.2, 0.25) is 0 Å². The highest BCUT2D eigenvalue weighted by Crippen LogP contribution is 2.38. The number of nitrogens with zero attached hydrogens (tertiary/aromatic N) is 5. The lowest BCUT2D eigenvalue weighted by Gasteiger charge is -2.14. The Kier molecular flexibility index (Phi) is 6.39. The van der Waals surface area contributed by atoms with E-state index < -0.39 is 0 Å². The quantitative estimate of drug-likeness (QED) is 0.195. The Balaban J connectivity index is 1.35. The molecule has 0 aliphatic carbocycles. The summed E-state index contributed by atoms with van der Waals surface area (Å²) in [5, 5.41) is 3.48. The van der Waals surface area contributed by atoms with Crippen molar-refractivity contribution in [1.82, 2.24) is 24.9 Å². The van der Waals surface area contributed by atoms with Crippen molar-refractivity contribution in [2.24, 2.45) is 0 Å². The van der Waals surface area contributed by atoms with Gasteiger partial charge >= 0.3 is 0 Å². The second kappa shape index (κ2) is 11.0. The SMILES string of the molecule is c1ccc(-c2cc(-c3cccc(-c4nc(-c5cccnc5)cc(-c5cccnc5)n4)c3)c3c(ccc4ccccc43)n2)cc1. The number of hydrogen-bond acceptors (Lipinski definition) is 5. The zero-order valence-corrected chi connectivity index (χ0v) is 23.7. The van der Waals surface area contributed by atoms with Crippen molar-refractivity contribution < 1.29 is 0 Å². The van der Waals surface area contributed by atoms with Crippen LogP contribution in [0.3, 0.4) is 0 Å². The van der Waals surface area contributed by atoms with Crippen molar-refractivity contribution in [2.45, 2.75) is 0 Å². The molecule has 0 radical (unpaired) electrons. The van der Waals surface area contributed by atoms with Crippen molar-refractivity contribution in [3.8, 4) is 56.3 Å². The van der Waals surface area contributed by atoms with Gasteiger partial charge in [0, 0.05) is 52.4 Å². The molecule has 0 aliphatic rings. The second-order valence-electron chi connectivity index (χ2n) is 10.6. The standard InChI is InChI=1S/C39H25N5/c1-2-10-27(11-3-1)35-22-33(38-32-16-5-4-9-26(32)17-18-34(38)42-35)28-12-6-13-29(21-28)39-43-36(30-14-7-19-40-24-30)23-37(44-39)31-15-8-20-41-25-31/h1-25H. The van der Waals surface area contributed by atoms with Gasteiger partial charge in [0.05, 0.1) is 22.6 Å². The van der Waals surface area contributed by atoms with Crippen LogP contribution < -0.4 is 0 Å². The van der Waals surface area contributed by atoms with E-state index in [2.05, 4.69) is 88.8 Å². The van der Waals surface area contributed by atoms with E-state index in [-0.39, 0.29) is 0 Å². The molecular formula is C39H25N5. The fraction of sp³-hybridized carbons (Fsp3) is 0. The lowest BCUT2D eigenvalue weighted by atomic mass is 9.93. The fourth-order valence-corrected chi connectivity index (χ4v) is 5.72. The number of benzene rings is 4. The maximum Gasteiger partial charge on any atom is 0.160 e. The van der Waals surface area contributed by atoms with Crippen LogP contribution >= 0.6 is 0 Å². The minimum Gasteiger partial charge on any atom is -0.264 e. The third-order valence-corrected chi connectivity index (χ3v) is 7.84. The minimum absolute atomic E-state index is 0.638. The van der Waals surface area contributed by atoms with Crippen molar-refractivity contribution in [2.75, 3.05) is 0 Å². The lowest BCUT2D eigenvalue weighted by Crippen LogP contribution is -1.97. The summed E-state index contributed by atoms with van der Waals surface area (Å²) in [5.41, 5.74) is 9.54. The van der Waals surface area contributed by atoms with Crippen LogP contribution in [0.25, 0.3) is 78.0 Å². The summed E-state index contributed by atoms with van der Waals surface area (Å²) in [7, 11) is 0. The Labute approximate surface area is 254 Å². The molecule has 0 amide bonds. The average Bonchev–Trinajstić information content (AvgIpc) is 3.12. The summed E-state index contributed by atoms with van der Waals surface area (Å²) in [6.07, 6.45) is 7.19. The van der Waals surface area contributed by atoms with E-state index in [1.54, 1.807) is 12.4 Å². The Bertz CT molecular complexity index is 2210. The highest BCUT2D eigenvalue weighted by Gasteiger charge is 2.15. The van der Waals surface area contributed by atoms with Crippen molar-refractivity contribution in [1.29, 1.82) is 0 Å². The molecule has 0 spiro atoms. The van der Waals surface area contributed by atoms with Gasteiger partial charge in [-0.3, -0.25) is 9.97 Å². The van der Waals surface area contributed by atoms with Crippen LogP contribution in [0, 0.1) is 0 Å². The predicted molar refractivity (Wildman–Crippen MR) is 178 cm³/mol. The highest BCUT2D eigenvalue weighted by atomic mass is 14.9. The molecular weight excluding hydrogens is 538 g/mol. The van der Waals surface area contributed by atoms with Gasteiger partial charge in [0.1, 0.15) is 0 Å². The van der Waals surface area contributed by atoms with Gasteiger partial charge in [0.25, 0.3) is 0 Å². The molecule has 0 fully saturated rings. The van der Waals surface area contributed by atoms with Gasteiger partial charge in [-0.05, 0) is 70.4 Å². The fourth-order valence-electron chi connectivity index (χ4n) is 5.72. The number of aromatic nitrogens is 5. The zero-order valence-electron chi connectivity index (χ0n) is 23.7. The third-order valence-electron chi connectivity index (χ3n) is 7.84. The maximum absolute atomic E-state index is 5.12. The molecule has 0 unspecified atom stereocenters. The molecule has 0 saturated carbocycles. The Morgan fingerprint density at radius 1 is 0.409 bits per heavy atom. The van der Waals surface area contributed by atoms with Crippen molar-refractivity contribution in [3.63, 3.8) is 0 Å². The van der Waals surface area contributed by atoms with Crippen LogP contribution in [0.15, 0.2) is 152 Å². The van der Waals surface area contributed by atoms with Crippen LogP contribution in [0.1, 0.15) is 0 Å². The van der Waals surface area contributed by atoms with Crippen molar-refractivity contribution >= 4 is 21.7 Å². The topological polar surface area (TPSA) is 64.5 Å². The number of rotatable bonds is 5. The number of hydrogen-bond donors (Lipinski definition) is 0. The van der Waals surface area contributed by atoms with E-state index in [1.165, 1.54) is 10.8 Å². The second-order valence-corrected chi connectivity index (χ2v) is 10.6. The monoisotopic (exact) mass is 563 g/mol. The highest BCUT2D eigenvalue weighted by molar-refractivity contribution is 6.14. The molecule has 206 valence electrons. The van der Waals surface area contributed by atoms with E-state index in [0.29, 0.717) is 5.82 Å². The average molecular weight is 564 g/mol.